The molecule has 0 aliphatic rings. The van der Waals surface area contributed by atoms with Gasteiger partial charge in [0, 0.05) is 5.56 Å². The first kappa shape index (κ1) is 13.4. The number of hydrogen-bond donors (Lipinski definition) is 2. The minimum Gasteiger partial charge on any atom is -0.480 e. The molecule has 4 nitrogen and oxygen atoms in total. The first-order valence-corrected chi connectivity index (χ1v) is 5.63. The van der Waals surface area contributed by atoms with Crippen LogP contribution in [0.4, 0.5) is 0 Å². The second-order valence-electron chi connectivity index (χ2n) is 3.87. The molecule has 1 unspecified atom stereocenters. The third-order valence-corrected chi connectivity index (χ3v) is 2.57. The van der Waals surface area contributed by atoms with Gasteiger partial charge in [0.15, 0.2) is 11.8 Å². The molecule has 17 heavy (non-hydrogen) atoms. The number of aliphatic carboxylic acids is 1. The second kappa shape index (κ2) is 6.15. The Morgan fingerprint density at radius 3 is 2.29 bits per heavy atom. The first-order chi connectivity index (χ1) is 8.10. The standard InChI is InChI=1S/C13H17NO3/c1-3-4-9-5-7-10(8-6-9)12(15)11(14-2)13(16)17/h5-8,11,14H,3-4H2,1-2H3,(H,16,17). The molecule has 0 fully saturated rings. The lowest BCUT2D eigenvalue weighted by Gasteiger charge is -2.10. The molecular formula is C13H17NO3. The van der Waals surface area contributed by atoms with Crippen molar-refractivity contribution in [2.75, 3.05) is 7.05 Å². The highest BCUT2D eigenvalue weighted by molar-refractivity contribution is 6.11. The van der Waals surface area contributed by atoms with Gasteiger partial charge in [-0.05, 0) is 19.0 Å². The zero-order valence-electron chi connectivity index (χ0n) is 10.1. The number of carboxylic acids is 1. The molecule has 0 amide bonds. The quantitative estimate of drug-likeness (QED) is 0.579. The van der Waals surface area contributed by atoms with Crippen molar-refractivity contribution in [2.24, 2.45) is 0 Å². The van der Waals surface area contributed by atoms with Gasteiger partial charge in [0.25, 0.3) is 0 Å². The minimum atomic E-state index is -1.17. The van der Waals surface area contributed by atoms with Crippen molar-refractivity contribution in [1.29, 1.82) is 0 Å². The van der Waals surface area contributed by atoms with Crippen LogP contribution in [-0.4, -0.2) is 29.9 Å². The summed E-state index contributed by atoms with van der Waals surface area (Å²) in [5.74, 6) is -1.57. The molecule has 92 valence electrons. The lowest BCUT2D eigenvalue weighted by atomic mass is 10.0. The fourth-order valence-electron chi connectivity index (χ4n) is 1.66. The van der Waals surface area contributed by atoms with Crippen LogP contribution in [0.1, 0.15) is 29.3 Å². The van der Waals surface area contributed by atoms with Crippen molar-refractivity contribution >= 4 is 11.8 Å². The van der Waals surface area contributed by atoms with Crippen LogP contribution >= 0.6 is 0 Å². The number of aryl methyl sites for hydroxylation is 1. The summed E-state index contributed by atoms with van der Waals surface area (Å²) in [5, 5.41) is 11.4. The van der Waals surface area contributed by atoms with E-state index in [1.807, 2.05) is 12.1 Å². The zero-order chi connectivity index (χ0) is 12.8. The van der Waals surface area contributed by atoms with Crippen LogP contribution < -0.4 is 5.32 Å². The van der Waals surface area contributed by atoms with Crippen LogP contribution in [-0.2, 0) is 11.2 Å². The van der Waals surface area contributed by atoms with E-state index >= 15 is 0 Å². The summed E-state index contributed by atoms with van der Waals surface area (Å²) in [6, 6.07) is 5.92. The largest absolute Gasteiger partial charge is 0.480 e. The number of nitrogens with one attached hydrogen (secondary N) is 1. The molecule has 0 heterocycles. The van der Waals surface area contributed by atoms with Gasteiger partial charge >= 0.3 is 5.97 Å². The number of likely N-dealkylation sites (N-methyl/N-ethyl adjacent to an activating group) is 1. The Morgan fingerprint density at radius 1 is 1.29 bits per heavy atom. The molecular weight excluding hydrogens is 218 g/mol. The lowest BCUT2D eigenvalue weighted by molar-refractivity contribution is -0.137. The van der Waals surface area contributed by atoms with Crippen molar-refractivity contribution in [3.05, 3.63) is 35.4 Å². The molecule has 4 heteroatoms. The molecule has 0 radical (unpaired) electrons. The summed E-state index contributed by atoms with van der Waals surface area (Å²) in [6.45, 7) is 2.08. The van der Waals surface area contributed by atoms with E-state index in [1.54, 1.807) is 12.1 Å². The normalized spacial score (nSPS) is 12.1. The molecule has 1 rings (SSSR count). The molecule has 1 aromatic rings. The molecule has 1 atom stereocenters. The second-order valence-corrected chi connectivity index (χ2v) is 3.87. The number of carbonyl (C=O) groups is 2. The third-order valence-electron chi connectivity index (χ3n) is 2.57. The van der Waals surface area contributed by atoms with Crippen LogP contribution in [0.3, 0.4) is 0 Å². The Kier molecular flexibility index (Phi) is 4.84. The van der Waals surface area contributed by atoms with E-state index in [4.69, 9.17) is 5.11 Å². The van der Waals surface area contributed by atoms with Gasteiger partial charge in [-0.1, -0.05) is 37.6 Å². The summed E-state index contributed by atoms with van der Waals surface area (Å²) in [4.78, 5) is 22.7. The van der Waals surface area contributed by atoms with Gasteiger partial charge < -0.3 is 10.4 Å². The summed E-state index contributed by atoms with van der Waals surface area (Å²) < 4.78 is 0. The van der Waals surface area contributed by atoms with Gasteiger partial charge in [-0.2, -0.15) is 0 Å². The van der Waals surface area contributed by atoms with Gasteiger partial charge in [0.05, 0.1) is 0 Å². The predicted molar refractivity (Wildman–Crippen MR) is 65.3 cm³/mol. The number of hydrogen-bond acceptors (Lipinski definition) is 3. The number of Topliss-reactive ketones (excluding diaryl/α,β-unsaturated/α-hetero) is 1. The number of benzene rings is 1. The molecule has 2 N–H and O–H groups in total. The van der Waals surface area contributed by atoms with E-state index in [9.17, 15) is 9.59 Å². The van der Waals surface area contributed by atoms with Crippen molar-refractivity contribution in [3.8, 4) is 0 Å². The van der Waals surface area contributed by atoms with E-state index < -0.39 is 17.8 Å². The maximum Gasteiger partial charge on any atom is 0.328 e. The maximum absolute atomic E-state index is 11.8. The smallest absolute Gasteiger partial charge is 0.328 e. The van der Waals surface area contributed by atoms with Crippen molar-refractivity contribution in [1.82, 2.24) is 5.32 Å². The van der Waals surface area contributed by atoms with Crippen molar-refractivity contribution in [3.63, 3.8) is 0 Å². The third kappa shape index (κ3) is 3.39. The van der Waals surface area contributed by atoms with Gasteiger partial charge in [-0.25, -0.2) is 0 Å². The molecule has 0 aromatic heterocycles. The molecule has 1 aromatic carbocycles. The van der Waals surface area contributed by atoms with Crippen molar-refractivity contribution in [2.45, 2.75) is 25.8 Å². The van der Waals surface area contributed by atoms with Crippen LogP contribution in [0.2, 0.25) is 0 Å². The van der Waals surface area contributed by atoms with E-state index in [-0.39, 0.29) is 0 Å². The highest BCUT2D eigenvalue weighted by atomic mass is 16.4. The molecule has 0 aliphatic carbocycles. The topological polar surface area (TPSA) is 66.4 Å². The monoisotopic (exact) mass is 235 g/mol. The first-order valence-electron chi connectivity index (χ1n) is 5.63. The van der Waals surface area contributed by atoms with Crippen LogP contribution in [0, 0.1) is 0 Å². The molecule has 0 spiro atoms. The van der Waals surface area contributed by atoms with E-state index in [0.717, 1.165) is 18.4 Å². The van der Waals surface area contributed by atoms with Crippen LogP contribution in [0.15, 0.2) is 24.3 Å². The Morgan fingerprint density at radius 2 is 1.88 bits per heavy atom. The average Bonchev–Trinajstić information content (AvgIpc) is 2.30. The predicted octanol–water partition coefficient (Wildman–Crippen LogP) is 1.49. The average molecular weight is 235 g/mol. The van der Waals surface area contributed by atoms with E-state index in [2.05, 4.69) is 12.2 Å². The number of ketones is 1. The Balaban J connectivity index is 2.85. The fourth-order valence-corrected chi connectivity index (χ4v) is 1.66. The maximum atomic E-state index is 11.8. The Bertz CT molecular complexity index is 398. The van der Waals surface area contributed by atoms with Gasteiger partial charge in [0.2, 0.25) is 0 Å². The molecule has 0 bridgehead atoms. The van der Waals surface area contributed by atoms with Gasteiger partial charge in [-0.15, -0.1) is 0 Å². The minimum absolute atomic E-state index is 0.414. The highest BCUT2D eigenvalue weighted by Crippen LogP contribution is 2.09. The number of carbonyl (C=O) groups excluding carboxylic acids is 1. The van der Waals surface area contributed by atoms with Crippen molar-refractivity contribution < 1.29 is 14.7 Å². The summed E-state index contributed by atoms with van der Waals surface area (Å²) >= 11 is 0. The Hall–Kier alpha value is -1.68. The fraction of sp³-hybridized carbons (Fsp3) is 0.385. The van der Waals surface area contributed by atoms with E-state index in [1.165, 1.54) is 7.05 Å². The lowest BCUT2D eigenvalue weighted by Crippen LogP contribution is -2.41. The Labute approximate surface area is 101 Å². The van der Waals surface area contributed by atoms with Crippen LogP contribution in [0.5, 0.6) is 0 Å². The van der Waals surface area contributed by atoms with E-state index in [0.29, 0.717) is 5.56 Å². The summed E-state index contributed by atoms with van der Waals surface area (Å²) in [5.41, 5.74) is 1.58. The molecule has 0 saturated carbocycles. The van der Waals surface area contributed by atoms with Gasteiger partial charge in [0.1, 0.15) is 0 Å². The summed E-state index contributed by atoms with van der Waals surface area (Å²) in [6.07, 6.45) is 2.00. The SMILES string of the molecule is CCCc1ccc(C(=O)C(NC)C(=O)O)cc1. The van der Waals surface area contributed by atoms with Crippen LogP contribution in [0.25, 0.3) is 0 Å². The number of carboxylic acid groups (broad SMARTS) is 1. The number of rotatable bonds is 6. The zero-order valence-corrected chi connectivity index (χ0v) is 10.1. The summed E-state index contributed by atoms with van der Waals surface area (Å²) in [7, 11) is 1.46. The molecule has 0 saturated heterocycles. The molecule has 0 aliphatic heterocycles. The van der Waals surface area contributed by atoms with Gasteiger partial charge in [-0.3, -0.25) is 9.59 Å². The highest BCUT2D eigenvalue weighted by Gasteiger charge is 2.24.